The lowest BCUT2D eigenvalue weighted by Gasteiger charge is -2.14. The molecule has 0 atom stereocenters. The maximum absolute atomic E-state index is 13.0. The first-order chi connectivity index (χ1) is 12.0. The van der Waals surface area contributed by atoms with Crippen LogP contribution >= 0.6 is 0 Å². The highest BCUT2D eigenvalue weighted by Gasteiger charge is 2.20. The minimum Gasteiger partial charge on any atom is -0.493 e. The van der Waals surface area contributed by atoms with Gasteiger partial charge in [0.25, 0.3) is 5.56 Å². The molecule has 0 radical (unpaired) electrons. The van der Waals surface area contributed by atoms with Gasteiger partial charge >= 0.3 is 0 Å². The molecule has 0 aliphatic rings. The van der Waals surface area contributed by atoms with E-state index >= 15 is 0 Å². The van der Waals surface area contributed by atoms with Crippen LogP contribution in [0.15, 0.2) is 29.6 Å². The smallest absolute Gasteiger partial charge is 0.266 e. The SMILES string of the molecule is COc1cc2c(=O)n(-c3cnn(C(C)C)c3)cnc2c(OC)c1OC. The molecule has 0 amide bonds. The predicted octanol–water partition coefficient (Wildman–Crippen LogP) is 2.19. The molecule has 0 saturated carbocycles. The van der Waals surface area contributed by atoms with E-state index in [9.17, 15) is 4.79 Å². The highest BCUT2D eigenvalue weighted by molar-refractivity contribution is 5.89. The molecule has 1 aromatic carbocycles. The monoisotopic (exact) mass is 344 g/mol. The number of fused-ring (bicyclic) bond motifs is 1. The molecule has 2 aromatic heterocycles. The van der Waals surface area contributed by atoms with Gasteiger partial charge in [-0.05, 0) is 19.9 Å². The van der Waals surface area contributed by atoms with Gasteiger partial charge in [0.15, 0.2) is 11.5 Å². The molecular formula is C17H20N4O4. The lowest BCUT2D eigenvalue weighted by atomic mass is 10.2. The molecule has 8 heteroatoms. The Labute approximate surface area is 144 Å². The lowest BCUT2D eigenvalue weighted by molar-refractivity contribution is 0.326. The van der Waals surface area contributed by atoms with Gasteiger partial charge in [0.05, 0.1) is 38.6 Å². The second-order valence-electron chi connectivity index (χ2n) is 5.73. The molecule has 0 aliphatic carbocycles. The van der Waals surface area contributed by atoms with E-state index in [1.807, 2.05) is 13.8 Å². The zero-order valence-corrected chi connectivity index (χ0v) is 14.8. The molecule has 132 valence electrons. The number of hydrogen-bond donors (Lipinski definition) is 0. The Morgan fingerprint density at radius 1 is 1.08 bits per heavy atom. The average molecular weight is 344 g/mol. The van der Waals surface area contributed by atoms with Crippen LogP contribution in [0.2, 0.25) is 0 Å². The average Bonchev–Trinajstić information content (AvgIpc) is 3.10. The quantitative estimate of drug-likeness (QED) is 0.706. The van der Waals surface area contributed by atoms with Crippen molar-refractivity contribution in [3.05, 3.63) is 35.1 Å². The van der Waals surface area contributed by atoms with Gasteiger partial charge in [-0.3, -0.25) is 14.0 Å². The molecular weight excluding hydrogens is 324 g/mol. The second kappa shape index (κ2) is 6.46. The van der Waals surface area contributed by atoms with Crippen molar-refractivity contribution in [1.82, 2.24) is 19.3 Å². The topological polar surface area (TPSA) is 80.4 Å². The van der Waals surface area contributed by atoms with E-state index in [2.05, 4.69) is 10.1 Å². The standard InChI is InChI=1S/C17H20N4O4/c1-10(2)21-8-11(7-19-21)20-9-18-14-12(17(20)22)6-13(23-3)15(24-4)16(14)25-5/h6-10H,1-5H3. The van der Waals surface area contributed by atoms with Crippen LogP contribution in [0, 0.1) is 0 Å². The molecule has 8 nitrogen and oxygen atoms in total. The van der Waals surface area contributed by atoms with Gasteiger partial charge in [-0.15, -0.1) is 0 Å². The fraction of sp³-hybridized carbons (Fsp3) is 0.353. The maximum atomic E-state index is 13.0. The van der Waals surface area contributed by atoms with Gasteiger partial charge in [-0.1, -0.05) is 0 Å². The molecule has 0 spiro atoms. The normalized spacial score (nSPS) is 11.1. The van der Waals surface area contributed by atoms with Crippen molar-refractivity contribution in [3.63, 3.8) is 0 Å². The first-order valence-corrected chi connectivity index (χ1v) is 7.76. The molecule has 0 N–H and O–H groups in total. The molecule has 3 rings (SSSR count). The number of methoxy groups -OCH3 is 3. The van der Waals surface area contributed by atoms with Crippen LogP contribution in [-0.4, -0.2) is 40.7 Å². The van der Waals surface area contributed by atoms with Crippen LogP contribution in [0.4, 0.5) is 0 Å². The minimum absolute atomic E-state index is 0.197. The Balaban J connectivity index is 2.28. The van der Waals surface area contributed by atoms with Crippen LogP contribution in [-0.2, 0) is 0 Å². The molecule has 0 aliphatic heterocycles. The van der Waals surface area contributed by atoms with Crippen molar-refractivity contribution in [2.24, 2.45) is 0 Å². The Morgan fingerprint density at radius 2 is 1.80 bits per heavy atom. The number of hydrogen-bond acceptors (Lipinski definition) is 6. The Kier molecular flexibility index (Phi) is 4.35. The number of benzene rings is 1. The van der Waals surface area contributed by atoms with Gasteiger partial charge in [0.1, 0.15) is 11.8 Å². The minimum atomic E-state index is -0.243. The van der Waals surface area contributed by atoms with Crippen LogP contribution in [0.25, 0.3) is 16.6 Å². The number of rotatable bonds is 5. The summed E-state index contributed by atoms with van der Waals surface area (Å²) in [4.78, 5) is 17.4. The Hall–Kier alpha value is -3.03. The van der Waals surface area contributed by atoms with Crippen LogP contribution in [0.3, 0.4) is 0 Å². The van der Waals surface area contributed by atoms with E-state index in [0.29, 0.717) is 33.8 Å². The molecule has 0 fully saturated rings. The van der Waals surface area contributed by atoms with Crippen molar-refractivity contribution in [1.29, 1.82) is 0 Å². The van der Waals surface area contributed by atoms with Crippen molar-refractivity contribution >= 4 is 10.9 Å². The zero-order valence-electron chi connectivity index (χ0n) is 14.8. The van der Waals surface area contributed by atoms with Crippen LogP contribution in [0.1, 0.15) is 19.9 Å². The van der Waals surface area contributed by atoms with Crippen LogP contribution in [0.5, 0.6) is 17.2 Å². The largest absolute Gasteiger partial charge is 0.493 e. The maximum Gasteiger partial charge on any atom is 0.266 e. The second-order valence-corrected chi connectivity index (χ2v) is 5.73. The molecule has 3 aromatic rings. The van der Waals surface area contributed by atoms with Crippen LogP contribution < -0.4 is 19.8 Å². The lowest BCUT2D eigenvalue weighted by Crippen LogP contribution is -2.19. The molecule has 0 saturated heterocycles. The third-order valence-corrected chi connectivity index (χ3v) is 3.95. The summed E-state index contributed by atoms with van der Waals surface area (Å²) >= 11 is 0. The zero-order chi connectivity index (χ0) is 18.1. The predicted molar refractivity (Wildman–Crippen MR) is 93.2 cm³/mol. The van der Waals surface area contributed by atoms with Gasteiger partial charge in [-0.25, -0.2) is 4.98 Å². The molecule has 0 unspecified atom stereocenters. The third-order valence-electron chi connectivity index (χ3n) is 3.95. The number of nitrogens with zero attached hydrogens (tertiary/aromatic N) is 4. The van der Waals surface area contributed by atoms with Crippen molar-refractivity contribution in [2.45, 2.75) is 19.9 Å². The fourth-order valence-electron chi connectivity index (χ4n) is 2.65. The molecule has 2 heterocycles. The van der Waals surface area contributed by atoms with E-state index in [4.69, 9.17) is 14.2 Å². The highest BCUT2D eigenvalue weighted by Crippen LogP contribution is 2.41. The summed E-state index contributed by atoms with van der Waals surface area (Å²) in [5.41, 5.74) is 0.812. The van der Waals surface area contributed by atoms with Crippen molar-refractivity contribution < 1.29 is 14.2 Å². The third kappa shape index (κ3) is 2.69. The van der Waals surface area contributed by atoms with E-state index in [1.165, 1.54) is 32.2 Å². The summed E-state index contributed by atoms with van der Waals surface area (Å²) in [5.74, 6) is 1.16. The molecule has 0 bridgehead atoms. The van der Waals surface area contributed by atoms with E-state index in [0.717, 1.165) is 0 Å². The number of aromatic nitrogens is 4. The summed E-state index contributed by atoms with van der Waals surface area (Å²) in [6, 6.07) is 1.80. The van der Waals surface area contributed by atoms with Gasteiger partial charge < -0.3 is 14.2 Å². The Bertz CT molecular complexity index is 975. The van der Waals surface area contributed by atoms with E-state index in [1.54, 1.807) is 23.1 Å². The van der Waals surface area contributed by atoms with Crippen molar-refractivity contribution in [2.75, 3.05) is 21.3 Å². The van der Waals surface area contributed by atoms with E-state index in [-0.39, 0.29) is 11.6 Å². The summed E-state index contributed by atoms with van der Waals surface area (Å²) in [5, 5.41) is 4.64. The van der Waals surface area contributed by atoms with E-state index < -0.39 is 0 Å². The summed E-state index contributed by atoms with van der Waals surface area (Å²) in [6.07, 6.45) is 4.89. The molecule has 25 heavy (non-hydrogen) atoms. The Morgan fingerprint density at radius 3 is 2.36 bits per heavy atom. The summed E-state index contributed by atoms with van der Waals surface area (Å²) in [7, 11) is 4.51. The first-order valence-electron chi connectivity index (χ1n) is 7.76. The highest BCUT2D eigenvalue weighted by atomic mass is 16.5. The van der Waals surface area contributed by atoms with Gasteiger partial charge in [-0.2, -0.15) is 5.10 Å². The van der Waals surface area contributed by atoms with Gasteiger partial charge in [0, 0.05) is 12.2 Å². The summed E-state index contributed by atoms with van der Waals surface area (Å²) < 4.78 is 19.3. The first kappa shape index (κ1) is 16.8. The fourth-order valence-corrected chi connectivity index (χ4v) is 2.65. The van der Waals surface area contributed by atoms with Crippen molar-refractivity contribution in [3.8, 4) is 22.9 Å². The summed E-state index contributed by atoms with van der Waals surface area (Å²) in [6.45, 7) is 4.03. The number of ether oxygens (including phenoxy) is 3. The van der Waals surface area contributed by atoms with Gasteiger partial charge in [0.2, 0.25) is 5.75 Å².